The van der Waals surface area contributed by atoms with Gasteiger partial charge in [0.15, 0.2) is 0 Å². The number of benzene rings is 2. The van der Waals surface area contributed by atoms with E-state index in [1.54, 1.807) is 17.4 Å². The molecule has 1 N–H and O–H groups in total. The standard InChI is InChI=1S/C17H13BrFNS/c18-13-6-8-16(15(19)10-13)20-11-14-7-9-17(21-14)12-4-2-1-3-5-12/h1-10,20H,11H2. The maximum Gasteiger partial charge on any atom is 0.147 e. The molecule has 0 fully saturated rings. The van der Waals surface area contributed by atoms with Crippen LogP contribution in [0.5, 0.6) is 0 Å². The van der Waals surface area contributed by atoms with Crippen molar-refractivity contribution in [1.29, 1.82) is 0 Å². The molecule has 0 unspecified atom stereocenters. The van der Waals surface area contributed by atoms with Gasteiger partial charge in [-0.25, -0.2) is 4.39 Å². The second-order valence-corrected chi connectivity index (χ2v) is 6.69. The van der Waals surface area contributed by atoms with Crippen LogP contribution in [0.25, 0.3) is 10.4 Å². The molecular formula is C17H13BrFNS. The van der Waals surface area contributed by atoms with Crippen molar-refractivity contribution in [3.05, 3.63) is 75.8 Å². The lowest BCUT2D eigenvalue weighted by Gasteiger charge is -2.06. The fourth-order valence-corrected chi connectivity index (χ4v) is 3.33. The summed E-state index contributed by atoms with van der Waals surface area (Å²) >= 11 is 4.98. The summed E-state index contributed by atoms with van der Waals surface area (Å²) in [4.78, 5) is 2.40. The Morgan fingerprint density at radius 2 is 1.81 bits per heavy atom. The maximum absolute atomic E-state index is 13.7. The predicted molar refractivity (Wildman–Crippen MR) is 91.2 cm³/mol. The van der Waals surface area contributed by atoms with Crippen LogP contribution in [0.1, 0.15) is 4.88 Å². The third kappa shape index (κ3) is 3.52. The van der Waals surface area contributed by atoms with Crippen LogP contribution in [0.2, 0.25) is 0 Å². The molecule has 0 saturated carbocycles. The van der Waals surface area contributed by atoms with Crippen molar-refractivity contribution in [2.45, 2.75) is 6.54 Å². The van der Waals surface area contributed by atoms with Crippen molar-refractivity contribution in [3.8, 4) is 10.4 Å². The first-order chi connectivity index (χ1) is 10.2. The molecule has 21 heavy (non-hydrogen) atoms. The zero-order valence-corrected chi connectivity index (χ0v) is 13.5. The molecule has 4 heteroatoms. The van der Waals surface area contributed by atoms with Crippen molar-refractivity contribution >= 4 is 33.0 Å². The molecule has 0 atom stereocenters. The van der Waals surface area contributed by atoms with E-state index in [0.29, 0.717) is 12.2 Å². The second kappa shape index (κ2) is 6.41. The Balaban J connectivity index is 1.70. The number of nitrogens with one attached hydrogen (secondary N) is 1. The minimum absolute atomic E-state index is 0.246. The van der Waals surface area contributed by atoms with Gasteiger partial charge in [-0.15, -0.1) is 11.3 Å². The van der Waals surface area contributed by atoms with Crippen LogP contribution in [-0.2, 0) is 6.54 Å². The Kier molecular flexibility index (Phi) is 4.36. The molecule has 0 radical (unpaired) electrons. The highest BCUT2D eigenvalue weighted by atomic mass is 79.9. The third-order valence-electron chi connectivity index (χ3n) is 3.10. The zero-order chi connectivity index (χ0) is 14.7. The molecule has 0 amide bonds. The van der Waals surface area contributed by atoms with Crippen LogP contribution >= 0.6 is 27.3 Å². The van der Waals surface area contributed by atoms with Crippen LogP contribution in [0.15, 0.2) is 65.1 Å². The van der Waals surface area contributed by atoms with Gasteiger partial charge < -0.3 is 5.32 Å². The molecule has 0 spiro atoms. The number of anilines is 1. The van der Waals surface area contributed by atoms with Crippen LogP contribution in [-0.4, -0.2) is 0 Å². The van der Waals surface area contributed by atoms with Crippen molar-refractivity contribution < 1.29 is 4.39 Å². The Hall–Kier alpha value is -1.65. The smallest absolute Gasteiger partial charge is 0.147 e. The van der Waals surface area contributed by atoms with E-state index in [1.165, 1.54) is 21.4 Å². The van der Waals surface area contributed by atoms with Gasteiger partial charge in [0, 0.05) is 20.8 Å². The maximum atomic E-state index is 13.7. The van der Waals surface area contributed by atoms with Crippen LogP contribution < -0.4 is 5.32 Å². The molecule has 1 nitrogen and oxygen atoms in total. The molecule has 0 aliphatic heterocycles. The topological polar surface area (TPSA) is 12.0 Å². The first-order valence-electron chi connectivity index (χ1n) is 6.55. The molecule has 106 valence electrons. The number of thiophene rings is 1. The van der Waals surface area contributed by atoms with Gasteiger partial charge in [-0.2, -0.15) is 0 Å². The van der Waals surface area contributed by atoms with Crippen molar-refractivity contribution in [1.82, 2.24) is 0 Å². The highest BCUT2D eigenvalue weighted by Crippen LogP contribution is 2.28. The minimum atomic E-state index is -0.246. The van der Waals surface area contributed by atoms with Crippen LogP contribution in [0, 0.1) is 5.82 Å². The molecule has 0 aliphatic rings. The van der Waals surface area contributed by atoms with E-state index < -0.39 is 0 Å². The van der Waals surface area contributed by atoms with Gasteiger partial charge in [-0.3, -0.25) is 0 Å². The Labute approximate surface area is 135 Å². The van der Waals surface area contributed by atoms with Gasteiger partial charge in [-0.1, -0.05) is 46.3 Å². The van der Waals surface area contributed by atoms with Crippen molar-refractivity contribution in [2.24, 2.45) is 0 Å². The average Bonchev–Trinajstić information content (AvgIpc) is 2.96. The SMILES string of the molecule is Fc1cc(Br)ccc1NCc1ccc(-c2ccccc2)s1. The van der Waals surface area contributed by atoms with E-state index in [0.717, 1.165) is 4.47 Å². The van der Waals surface area contributed by atoms with Crippen molar-refractivity contribution in [2.75, 3.05) is 5.32 Å². The van der Waals surface area contributed by atoms with Crippen LogP contribution in [0.4, 0.5) is 10.1 Å². The summed E-state index contributed by atoms with van der Waals surface area (Å²) in [5.41, 5.74) is 1.73. The van der Waals surface area contributed by atoms with Gasteiger partial charge in [0.25, 0.3) is 0 Å². The van der Waals surface area contributed by atoms with Crippen molar-refractivity contribution in [3.63, 3.8) is 0 Å². The molecular weight excluding hydrogens is 349 g/mol. The lowest BCUT2D eigenvalue weighted by atomic mass is 10.2. The Bertz CT molecular complexity index is 740. The number of hydrogen-bond donors (Lipinski definition) is 1. The van der Waals surface area contributed by atoms with Gasteiger partial charge in [-0.05, 0) is 35.9 Å². The molecule has 0 saturated heterocycles. The summed E-state index contributed by atoms with van der Waals surface area (Å²) in [6, 6.07) is 19.5. The quantitative estimate of drug-likeness (QED) is 0.607. The third-order valence-corrected chi connectivity index (χ3v) is 4.73. The summed E-state index contributed by atoms with van der Waals surface area (Å²) in [5.74, 6) is -0.246. The first kappa shape index (κ1) is 14.3. The monoisotopic (exact) mass is 361 g/mol. The Morgan fingerprint density at radius 3 is 2.57 bits per heavy atom. The Morgan fingerprint density at radius 1 is 1.00 bits per heavy atom. The van der Waals surface area contributed by atoms with Crippen LogP contribution in [0.3, 0.4) is 0 Å². The highest BCUT2D eigenvalue weighted by molar-refractivity contribution is 9.10. The fourth-order valence-electron chi connectivity index (χ4n) is 2.05. The largest absolute Gasteiger partial charge is 0.378 e. The summed E-state index contributed by atoms with van der Waals surface area (Å²) in [7, 11) is 0. The molecule has 1 heterocycles. The van der Waals surface area contributed by atoms with E-state index in [4.69, 9.17) is 0 Å². The van der Waals surface area contributed by atoms with E-state index in [9.17, 15) is 4.39 Å². The second-order valence-electron chi connectivity index (χ2n) is 4.61. The summed E-state index contributed by atoms with van der Waals surface area (Å²) < 4.78 is 14.5. The summed E-state index contributed by atoms with van der Waals surface area (Å²) in [6.07, 6.45) is 0. The molecule has 0 bridgehead atoms. The number of hydrogen-bond acceptors (Lipinski definition) is 2. The average molecular weight is 362 g/mol. The van der Waals surface area contributed by atoms with Gasteiger partial charge in [0.1, 0.15) is 5.82 Å². The predicted octanol–water partition coefficient (Wildman–Crippen LogP) is 5.93. The number of rotatable bonds is 4. The molecule has 0 aliphatic carbocycles. The molecule has 1 aromatic heterocycles. The molecule has 3 aromatic rings. The zero-order valence-electron chi connectivity index (χ0n) is 11.1. The number of halogens is 2. The summed E-state index contributed by atoms with van der Waals surface area (Å²) in [5, 5.41) is 3.14. The van der Waals surface area contributed by atoms with E-state index >= 15 is 0 Å². The molecule has 3 rings (SSSR count). The summed E-state index contributed by atoms with van der Waals surface area (Å²) in [6.45, 7) is 0.621. The highest BCUT2D eigenvalue weighted by Gasteiger charge is 2.05. The normalized spacial score (nSPS) is 10.6. The van der Waals surface area contributed by atoms with Gasteiger partial charge in [0.2, 0.25) is 0 Å². The lowest BCUT2D eigenvalue weighted by molar-refractivity contribution is 0.629. The van der Waals surface area contributed by atoms with E-state index in [2.05, 4.69) is 45.5 Å². The van der Waals surface area contributed by atoms with Gasteiger partial charge >= 0.3 is 0 Å². The van der Waals surface area contributed by atoms with E-state index in [-0.39, 0.29) is 5.82 Å². The fraction of sp³-hybridized carbons (Fsp3) is 0.0588. The molecule has 2 aromatic carbocycles. The first-order valence-corrected chi connectivity index (χ1v) is 8.16. The van der Waals surface area contributed by atoms with E-state index in [1.807, 2.05) is 24.3 Å². The minimum Gasteiger partial charge on any atom is -0.378 e. The van der Waals surface area contributed by atoms with Gasteiger partial charge in [0.05, 0.1) is 5.69 Å². The lowest BCUT2D eigenvalue weighted by Crippen LogP contribution is -1.99.